The van der Waals surface area contributed by atoms with Gasteiger partial charge in [0.25, 0.3) is 0 Å². The molecule has 0 saturated carbocycles. The van der Waals surface area contributed by atoms with Crippen molar-refractivity contribution in [1.29, 1.82) is 0 Å². The molecule has 0 radical (unpaired) electrons. The molecule has 0 fully saturated rings. The number of amidine groups is 1. The molecule has 3 aromatic rings. The first-order chi connectivity index (χ1) is 14.4. The Hall–Kier alpha value is -4.00. The van der Waals surface area contributed by atoms with Gasteiger partial charge < -0.3 is 9.47 Å². The van der Waals surface area contributed by atoms with Gasteiger partial charge in [0.2, 0.25) is 5.84 Å². The summed E-state index contributed by atoms with van der Waals surface area (Å²) >= 11 is 0. The van der Waals surface area contributed by atoms with Crippen molar-refractivity contribution < 1.29 is 9.47 Å². The summed E-state index contributed by atoms with van der Waals surface area (Å²) in [6.45, 7) is 0.820. The molecule has 2 heterocycles. The maximum absolute atomic E-state index is 5.84. The summed E-state index contributed by atoms with van der Waals surface area (Å²) in [7, 11) is 0. The molecule has 0 amide bonds. The van der Waals surface area contributed by atoms with Crippen LogP contribution >= 0.6 is 0 Å². The van der Waals surface area contributed by atoms with Crippen molar-refractivity contribution >= 4 is 17.2 Å². The SMILES string of the molecule is C1=C\COc2ccccc2N/N=C(\c2ccncc2)N=Nc2ccccc2OC/1. The smallest absolute Gasteiger partial charge is 0.201 e. The van der Waals surface area contributed by atoms with Crippen LogP contribution in [0, 0.1) is 0 Å². The van der Waals surface area contributed by atoms with Crippen molar-refractivity contribution in [1.82, 2.24) is 4.98 Å². The van der Waals surface area contributed by atoms with Crippen LogP contribution in [0.3, 0.4) is 0 Å². The molecular weight excluding hydrogens is 366 g/mol. The number of nitrogens with zero attached hydrogens (tertiary/aromatic N) is 4. The predicted molar refractivity (Wildman–Crippen MR) is 112 cm³/mol. The molecule has 0 saturated heterocycles. The van der Waals surface area contributed by atoms with Crippen LogP contribution in [0.25, 0.3) is 0 Å². The van der Waals surface area contributed by atoms with Crippen molar-refractivity contribution in [2.45, 2.75) is 0 Å². The predicted octanol–water partition coefficient (Wildman–Crippen LogP) is 4.97. The number of hydrogen-bond donors (Lipinski definition) is 1. The second-order valence-electron chi connectivity index (χ2n) is 6.04. The number of hydrazone groups is 1. The number of aromatic nitrogens is 1. The Labute approximate surface area is 168 Å². The number of nitrogens with one attached hydrogen (secondary N) is 1. The molecule has 7 heteroatoms. The quantitative estimate of drug-likeness (QED) is 0.600. The Balaban J connectivity index is 1.75. The van der Waals surface area contributed by atoms with Crippen LogP contribution in [0.1, 0.15) is 5.56 Å². The lowest BCUT2D eigenvalue weighted by Gasteiger charge is -2.09. The van der Waals surface area contributed by atoms with Gasteiger partial charge in [-0.2, -0.15) is 5.10 Å². The van der Waals surface area contributed by atoms with Gasteiger partial charge in [0.15, 0.2) is 0 Å². The van der Waals surface area contributed by atoms with Gasteiger partial charge in [-0.1, -0.05) is 24.3 Å². The number of hydrogen-bond acceptors (Lipinski definition) is 7. The van der Waals surface area contributed by atoms with Crippen molar-refractivity contribution in [2.75, 3.05) is 18.6 Å². The third-order valence-electron chi connectivity index (χ3n) is 4.06. The van der Waals surface area contributed by atoms with Crippen molar-refractivity contribution in [3.63, 3.8) is 0 Å². The number of fused-ring (bicyclic) bond motifs is 2. The molecule has 1 N–H and O–H groups in total. The fourth-order valence-electron chi connectivity index (χ4n) is 2.62. The molecule has 1 aromatic heterocycles. The first kappa shape index (κ1) is 18.4. The van der Waals surface area contributed by atoms with E-state index in [-0.39, 0.29) is 0 Å². The zero-order chi connectivity index (χ0) is 19.7. The van der Waals surface area contributed by atoms with E-state index in [1.54, 1.807) is 12.4 Å². The number of ether oxygens (including phenoxy) is 2. The second-order valence-corrected chi connectivity index (χ2v) is 6.04. The van der Waals surface area contributed by atoms with E-state index < -0.39 is 0 Å². The Kier molecular flexibility index (Phi) is 5.87. The number of azo groups is 1. The highest BCUT2D eigenvalue weighted by Crippen LogP contribution is 2.28. The monoisotopic (exact) mass is 385 g/mol. The highest BCUT2D eigenvalue weighted by atomic mass is 16.5. The fraction of sp³-hybridized carbons (Fsp3) is 0.0909. The molecule has 0 unspecified atom stereocenters. The minimum atomic E-state index is 0.404. The van der Waals surface area contributed by atoms with E-state index in [0.717, 1.165) is 11.3 Å². The van der Waals surface area contributed by atoms with Gasteiger partial charge in [0.1, 0.15) is 30.4 Å². The number of anilines is 1. The lowest BCUT2D eigenvalue weighted by molar-refractivity contribution is 0.351. The van der Waals surface area contributed by atoms with Crippen LogP contribution in [0.4, 0.5) is 11.4 Å². The van der Waals surface area contributed by atoms with Gasteiger partial charge in [-0.15, -0.1) is 10.2 Å². The van der Waals surface area contributed by atoms with E-state index >= 15 is 0 Å². The van der Waals surface area contributed by atoms with Gasteiger partial charge in [0.05, 0.1) is 5.69 Å². The van der Waals surface area contributed by atoms with E-state index in [4.69, 9.17) is 9.47 Å². The summed E-state index contributed by atoms with van der Waals surface area (Å²) in [5.41, 5.74) is 5.17. The standard InChI is InChI=1S/C22H19N5O2/c1-3-9-20-18(7-1)24-26-22(17-11-13-23-14-12-17)27-25-19-8-2-4-10-21(19)29-16-6-5-15-28-20/h1-14,24H,15-16H2/b6-5-,26-22+,27-25?. The molecule has 0 aliphatic carbocycles. The largest absolute Gasteiger partial charge is 0.487 e. The van der Waals surface area contributed by atoms with Crippen LogP contribution < -0.4 is 14.9 Å². The first-order valence-corrected chi connectivity index (χ1v) is 9.14. The molecule has 29 heavy (non-hydrogen) atoms. The van der Waals surface area contributed by atoms with Gasteiger partial charge in [-0.3, -0.25) is 10.4 Å². The molecule has 4 rings (SSSR count). The van der Waals surface area contributed by atoms with Crippen LogP contribution in [0.2, 0.25) is 0 Å². The third-order valence-corrected chi connectivity index (χ3v) is 4.06. The minimum Gasteiger partial charge on any atom is -0.487 e. The zero-order valence-electron chi connectivity index (χ0n) is 15.6. The van der Waals surface area contributed by atoms with E-state index in [9.17, 15) is 0 Å². The number of pyridine rings is 1. The number of rotatable bonds is 1. The van der Waals surface area contributed by atoms with Gasteiger partial charge in [-0.05, 0) is 48.6 Å². The fourth-order valence-corrected chi connectivity index (χ4v) is 2.62. The Morgan fingerprint density at radius 1 is 0.724 bits per heavy atom. The van der Waals surface area contributed by atoms with E-state index in [1.165, 1.54) is 0 Å². The summed E-state index contributed by atoms with van der Waals surface area (Å²) in [5.74, 6) is 1.73. The Morgan fingerprint density at radius 3 is 2.24 bits per heavy atom. The van der Waals surface area contributed by atoms with Crippen molar-refractivity contribution in [3.05, 3.63) is 90.8 Å². The Morgan fingerprint density at radius 2 is 1.41 bits per heavy atom. The number of benzene rings is 2. The normalized spacial score (nSPS) is 16.9. The maximum Gasteiger partial charge on any atom is 0.201 e. The molecule has 7 nitrogen and oxygen atoms in total. The topological polar surface area (TPSA) is 80.5 Å². The van der Waals surface area contributed by atoms with Crippen molar-refractivity contribution in [2.24, 2.45) is 15.3 Å². The van der Waals surface area contributed by atoms with Crippen LogP contribution in [-0.4, -0.2) is 24.0 Å². The van der Waals surface area contributed by atoms with Gasteiger partial charge in [0, 0.05) is 18.0 Å². The molecule has 2 aromatic carbocycles. The van der Waals surface area contributed by atoms with Crippen molar-refractivity contribution in [3.8, 4) is 11.5 Å². The summed E-state index contributed by atoms with van der Waals surface area (Å²) < 4.78 is 11.6. The second kappa shape index (κ2) is 9.27. The maximum atomic E-state index is 5.84. The highest BCUT2D eigenvalue weighted by molar-refractivity contribution is 5.99. The van der Waals surface area contributed by atoms with Crippen LogP contribution in [0.5, 0.6) is 11.5 Å². The molecule has 0 spiro atoms. The molecule has 1 aliphatic heterocycles. The van der Waals surface area contributed by atoms with Crippen LogP contribution in [-0.2, 0) is 0 Å². The zero-order valence-corrected chi connectivity index (χ0v) is 15.6. The van der Waals surface area contributed by atoms with Gasteiger partial charge in [-0.25, -0.2) is 0 Å². The average molecular weight is 385 g/mol. The van der Waals surface area contributed by atoms with E-state index in [2.05, 4.69) is 25.7 Å². The minimum absolute atomic E-state index is 0.404. The molecule has 0 atom stereocenters. The van der Waals surface area contributed by atoms with E-state index in [1.807, 2.05) is 72.8 Å². The summed E-state index contributed by atoms with van der Waals surface area (Å²) in [4.78, 5) is 4.05. The lowest BCUT2D eigenvalue weighted by Crippen LogP contribution is -2.03. The summed E-state index contributed by atoms with van der Waals surface area (Å²) in [6, 6.07) is 18.7. The third kappa shape index (κ3) is 4.84. The number of para-hydroxylation sites is 3. The first-order valence-electron chi connectivity index (χ1n) is 9.14. The molecular formula is C22H19N5O2. The lowest BCUT2D eigenvalue weighted by atomic mass is 10.2. The summed E-state index contributed by atoms with van der Waals surface area (Å²) in [5, 5.41) is 13.2. The molecule has 0 bridgehead atoms. The molecule has 1 aliphatic rings. The van der Waals surface area contributed by atoms with Gasteiger partial charge >= 0.3 is 0 Å². The van der Waals surface area contributed by atoms with Crippen LogP contribution in [0.15, 0.2) is 101 Å². The highest BCUT2D eigenvalue weighted by Gasteiger charge is 2.07. The molecule has 144 valence electrons. The average Bonchev–Trinajstić information content (AvgIpc) is 2.78. The summed E-state index contributed by atoms with van der Waals surface area (Å²) in [6.07, 6.45) is 7.18. The van der Waals surface area contributed by atoms with E-state index in [0.29, 0.717) is 36.2 Å². The Bertz CT molecular complexity index is 1050.